The second-order valence-electron chi connectivity index (χ2n) is 5.18. The maximum Gasteiger partial charge on any atom is 0.237 e. The molecule has 0 bridgehead atoms. The molecule has 0 aliphatic rings. The average molecular weight is 244 g/mol. The van der Waals surface area contributed by atoms with Gasteiger partial charge in [0.25, 0.3) is 0 Å². The predicted octanol–water partition coefficient (Wildman–Crippen LogP) is 1.69. The first kappa shape index (κ1) is 16.4. The zero-order valence-corrected chi connectivity index (χ0v) is 12.1. The van der Waals surface area contributed by atoms with Crippen LogP contribution in [0.4, 0.5) is 0 Å². The SMILES string of the molecule is CCOCC(C)NC(C)C(=O)NC(C)(C)CC. The summed E-state index contributed by atoms with van der Waals surface area (Å²) < 4.78 is 5.30. The summed E-state index contributed by atoms with van der Waals surface area (Å²) in [5, 5.41) is 6.25. The summed E-state index contributed by atoms with van der Waals surface area (Å²) in [6, 6.07) is -0.0169. The van der Waals surface area contributed by atoms with Crippen LogP contribution >= 0.6 is 0 Å². The second kappa shape index (κ2) is 7.67. The number of amides is 1. The highest BCUT2D eigenvalue weighted by Crippen LogP contribution is 2.07. The van der Waals surface area contributed by atoms with Crippen molar-refractivity contribution in [3.63, 3.8) is 0 Å². The van der Waals surface area contributed by atoms with Crippen LogP contribution in [0.1, 0.15) is 48.0 Å². The van der Waals surface area contributed by atoms with Gasteiger partial charge in [-0.3, -0.25) is 4.79 Å². The van der Waals surface area contributed by atoms with Gasteiger partial charge in [-0.15, -0.1) is 0 Å². The summed E-state index contributed by atoms with van der Waals surface area (Å²) in [6.07, 6.45) is 0.917. The van der Waals surface area contributed by atoms with Crippen LogP contribution in [0.25, 0.3) is 0 Å². The number of hydrogen-bond acceptors (Lipinski definition) is 3. The van der Waals surface area contributed by atoms with E-state index in [1.54, 1.807) is 0 Å². The number of rotatable bonds is 8. The lowest BCUT2D eigenvalue weighted by Gasteiger charge is -2.28. The molecule has 0 spiro atoms. The van der Waals surface area contributed by atoms with E-state index in [0.29, 0.717) is 13.2 Å². The standard InChI is InChI=1S/C13H28N2O2/c1-7-13(5,6)15-12(16)11(4)14-10(3)9-17-8-2/h10-11,14H,7-9H2,1-6H3,(H,15,16). The summed E-state index contributed by atoms with van der Waals surface area (Å²) in [5.74, 6) is 0.0419. The molecule has 0 fully saturated rings. The van der Waals surface area contributed by atoms with E-state index < -0.39 is 0 Å². The first-order valence-corrected chi connectivity index (χ1v) is 6.48. The van der Waals surface area contributed by atoms with Crippen LogP contribution in [0, 0.1) is 0 Å². The van der Waals surface area contributed by atoms with Gasteiger partial charge in [0.15, 0.2) is 0 Å². The van der Waals surface area contributed by atoms with Gasteiger partial charge in [0.2, 0.25) is 5.91 Å². The molecule has 0 saturated carbocycles. The third kappa shape index (κ3) is 7.34. The molecule has 0 heterocycles. The Bertz CT molecular complexity index is 229. The Morgan fingerprint density at radius 2 is 1.88 bits per heavy atom. The van der Waals surface area contributed by atoms with Crippen molar-refractivity contribution in [2.75, 3.05) is 13.2 Å². The highest BCUT2D eigenvalue weighted by atomic mass is 16.5. The van der Waals surface area contributed by atoms with Crippen molar-refractivity contribution in [1.29, 1.82) is 0 Å². The molecular formula is C13H28N2O2. The third-order valence-electron chi connectivity index (χ3n) is 2.85. The molecule has 0 saturated heterocycles. The summed E-state index contributed by atoms with van der Waals surface area (Å²) in [5.41, 5.74) is -0.143. The molecule has 0 aliphatic carbocycles. The van der Waals surface area contributed by atoms with Crippen molar-refractivity contribution in [2.24, 2.45) is 0 Å². The Kier molecular flexibility index (Phi) is 7.39. The molecule has 0 rings (SSSR count). The molecular weight excluding hydrogens is 216 g/mol. The number of ether oxygens (including phenoxy) is 1. The average Bonchev–Trinajstić information content (AvgIpc) is 2.25. The molecule has 0 aliphatic heterocycles. The van der Waals surface area contributed by atoms with Crippen LogP contribution in [-0.4, -0.2) is 36.7 Å². The van der Waals surface area contributed by atoms with Crippen LogP contribution < -0.4 is 10.6 Å². The van der Waals surface area contributed by atoms with E-state index in [1.165, 1.54) is 0 Å². The van der Waals surface area contributed by atoms with E-state index in [9.17, 15) is 4.79 Å². The van der Waals surface area contributed by atoms with Gasteiger partial charge in [-0.25, -0.2) is 0 Å². The van der Waals surface area contributed by atoms with Crippen molar-refractivity contribution in [3.05, 3.63) is 0 Å². The van der Waals surface area contributed by atoms with E-state index in [1.807, 2.05) is 34.6 Å². The number of carbonyl (C=O) groups is 1. The van der Waals surface area contributed by atoms with E-state index >= 15 is 0 Å². The van der Waals surface area contributed by atoms with Crippen molar-refractivity contribution >= 4 is 5.91 Å². The first-order valence-electron chi connectivity index (χ1n) is 6.48. The van der Waals surface area contributed by atoms with Crippen molar-refractivity contribution in [2.45, 2.75) is 65.6 Å². The summed E-state index contributed by atoms with van der Waals surface area (Å²) in [7, 11) is 0. The van der Waals surface area contributed by atoms with Crippen molar-refractivity contribution in [3.8, 4) is 0 Å². The van der Waals surface area contributed by atoms with Crippen LogP contribution in [0.3, 0.4) is 0 Å². The molecule has 4 nitrogen and oxygen atoms in total. The first-order chi connectivity index (χ1) is 7.82. The fraction of sp³-hybridized carbons (Fsp3) is 0.923. The minimum Gasteiger partial charge on any atom is -0.380 e. The molecule has 4 heteroatoms. The number of hydrogen-bond donors (Lipinski definition) is 2. The molecule has 2 atom stereocenters. The highest BCUT2D eigenvalue weighted by Gasteiger charge is 2.22. The molecule has 0 aromatic carbocycles. The smallest absolute Gasteiger partial charge is 0.237 e. The Hall–Kier alpha value is -0.610. The van der Waals surface area contributed by atoms with Crippen LogP contribution in [-0.2, 0) is 9.53 Å². The van der Waals surface area contributed by atoms with Gasteiger partial charge in [0.05, 0.1) is 12.6 Å². The molecule has 2 N–H and O–H groups in total. The monoisotopic (exact) mass is 244 g/mol. The quantitative estimate of drug-likeness (QED) is 0.683. The second-order valence-corrected chi connectivity index (χ2v) is 5.18. The van der Waals surface area contributed by atoms with Gasteiger partial charge < -0.3 is 15.4 Å². The number of nitrogens with one attached hydrogen (secondary N) is 2. The minimum atomic E-state index is -0.198. The molecule has 1 amide bonds. The largest absolute Gasteiger partial charge is 0.380 e. The van der Waals surface area contributed by atoms with Gasteiger partial charge in [-0.2, -0.15) is 0 Å². The van der Waals surface area contributed by atoms with E-state index in [2.05, 4.69) is 17.6 Å². The molecule has 0 radical (unpaired) electrons. The fourth-order valence-corrected chi connectivity index (χ4v) is 1.38. The Labute approximate surface area is 105 Å². The van der Waals surface area contributed by atoms with Gasteiger partial charge in [-0.1, -0.05) is 6.92 Å². The van der Waals surface area contributed by atoms with Gasteiger partial charge in [0.1, 0.15) is 0 Å². The van der Waals surface area contributed by atoms with Crippen LogP contribution in [0.2, 0.25) is 0 Å². The Balaban J connectivity index is 4.05. The maximum atomic E-state index is 11.9. The van der Waals surface area contributed by atoms with Crippen LogP contribution in [0.15, 0.2) is 0 Å². The summed E-state index contributed by atoms with van der Waals surface area (Å²) in [4.78, 5) is 11.9. The molecule has 0 aromatic heterocycles. The van der Waals surface area contributed by atoms with Crippen molar-refractivity contribution < 1.29 is 9.53 Å². The minimum absolute atomic E-state index is 0.0419. The zero-order chi connectivity index (χ0) is 13.5. The molecule has 2 unspecified atom stereocenters. The van der Waals surface area contributed by atoms with Crippen molar-refractivity contribution in [1.82, 2.24) is 10.6 Å². The molecule has 17 heavy (non-hydrogen) atoms. The summed E-state index contributed by atoms with van der Waals surface area (Å²) >= 11 is 0. The van der Waals surface area contributed by atoms with Gasteiger partial charge in [-0.05, 0) is 41.0 Å². The fourth-order valence-electron chi connectivity index (χ4n) is 1.38. The summed E-state index contributed by atoms with van der Waals surface area (Å²) in [6.45, 7) is 13.3. The lowest BCUT2D eigenvalue weighted by Crippen LogP contribution is -2.52. The van der Waals surface area contributed by atoms with Gasteiger partial charge in [0, 0.05) is 18.2 Å². The topological polar surface area (TPSA) is 50.4 Å². The lowest BCUT2D eigenvalue weighted by atomic mass is 10.0. The normalized spacial score (nSPS) is 15.4. The Morgan fingerprint density at radius 1 is 1.29 bits per heavy atom. The maximum absolute atomic E-state index is 11.9. The molecule has 0 aromatic rings. The van der Waals surface area contributed by atoms with E-state index in [0.717, 1.165) is 6.42 Å². The van der Waals surface area contributed by atoms with E-state index in [4.69, 9.17) is 4.74 Å². The zero-order valence-electron chi connectivity index (χ0n) is 12.1. The third-order valence-corrected chi connectivity index (χ3v) is 2.85. The van der Waals surface area contributed by atoms with Crippen LogP contribution in [0.5, 0.6) is 0 Å². The Morgan fingerprint density at radius 3 is 2.35 bits per heavy atom. The lowest BCUT2D eigenvalue weighted by molar-refractivity contribution is -0.124. The number of carbonyl (C=O) groups excluding carboxylic acids is 1. The van der Waals surface area contributed by atoms with E-state index in [-0.39, 0.29) is 23.5 Å². The van der Waals surface area contributed by atoms with Gasteiger partial charge >= 0.3 is 0 Å². The molecule has 102 valence electrons. The highest BCUT2D eigenvalue weighted by molar-refractivity contribution is 5.82. The predicted molar refractivity (Wildman–Crippen MR) is 71.1 cm³/mol.